The number of primary amides is 1. The minimum absolute atomic E-state index is 0.0208. The fourth-order valence-electron chi connectivity index (χ4n) is 1.79. The number of likely N-dealkylation sites (tertiary alicyclic amines) is 1. The van der Waals surface area contributed by atoms with Gasteiger partial charge in [0, 0.05) is 19.7 Å². The summed E-state index contributed by atoms with van der Waals surface area (Å²) >= 11 is 0. The molecule has 0 aromatic heterocycles. The molecular weight excluding hydrogens is 168 g/mol. The monoisotopic (exact) mass is 186 g/mol. The van der Waals surface area contributed by atoms with E-state index >= 15 is 0 Å². The minimum Gasteiger partial charge on any atom is -0.396 e. The Kier molecular flexibility index (Phi) is 4.18. The van der Waals surface area contributed by atoms with Crippen LogP contribution in [0.3, 0.4) is 0 Å². The van der Waals surface area contributed by atoms with E-state index in [-0.39, 0.29) is 18.4 Å². The second-order valence-corrected chi connectivity index (χ2v) is 3.62. The van der Waals surface area contributed by atoms with E-state index in [4.69, 9.17) is 10.8 Å². The Hall–Kier alpha value is -0.610. The molecule has 0 saturated carbocycles. The van der Waals surface area contributed by atoms with Gasteiger partial charge in [0.1, 0.15) is 0 Å². The average molecular weight is 186 g/mol. The average Bonchev–Trinajstić information content (AvgIpc) is 2.15. The molecule has 1 saturated heterocycles. The van der Waals surface area contributed by atoms with Crippen molar-refractivity contribution in [3.05, 3.63) is 0 Å². The Bertz CT molecular complexity index is 173. The number of rotatable bonds is 4. The van der Waals surface area contributed by atoms with Crippen LogP contribution in [0.1, 0.15) is 19.3 Å². The van der Waals surface area contributed by atoms with Crippen molar-refractivity contribution in [3.63, 3.8) is 0 Å². The molecule has 1 aliphatic heterocycles. The molecule has 0 radical (unpaired) electrons. The fraction of sp³-hybridized carbons (Fsp3) is 0.889. The molecule has 0 aromatic carbocycles. The van der Waals surface area contributed by atoms with Gasteiger partial charge < -0.3 is 15.7 Å². The maximum absolute atomic E-state index is 10.9. The van der Waals surface area contributed by atoms with Crippen LogP contribution in [-0.4, -0.2) is 42.2 Å². The predicted octanol–water partition coefficient (Wildman–Crippen LogP) is -0.434. The summed E-state index contributed by atoms with van der Waals surface area (Å²) in [5, 5.41) is 8.65. The van der Waals surface area contributed by atoms with E-state index in [9.17, 15) is 4.79 Å². The van der Waals surface area contributed by atoms with E-state index in [0.717, 1.165) is 38.9 Å². The third-order valence-corrected chi connectivity index (χ3v) is 2.54. The zero-order valence-corrected chi connectivity index (χ0v) is 7.91. The first-order valence-corrected chi connectivity index (χ1v) is 4.86. The van der Waals surface area contributed by atoms with E-state index in [2.05, 4.69) is 4.90 Å². The second-order valence-electron chi connectivity index (χ2n) is 3.62. The van der Waals surface area contributed by atoms with E-state index in [0.29, 0.717) is 0 Å². The quantitative estimate of drug-likeness (QED) is 0.626. The van der Waals surface area contributed by atoms with Crippen LogP contribution in [0.25, 0.3) is 0 Å². The van der Waals surface area contributed by atoms with Gasteiger partial charge in [-0.2, -0.15) is 0 Å². The highest BCUT2D eigenvalue weighted by atomic mass is 16.3. The topological polar surface area (TPSA) is 66.6 Å². The molecule has 1 atom stereocenters. The van der Waals surface area contributed by atoms with Gasteiger partial charge in [0.2, 0.25) is 5.91 Å². The molecule has 1 amide bonds. The summed E-state index contributed by atoms with van der Waals surface area (Å²) in [6.07, 6.45) is 2.75. The van der Waals surface area contributed by atoms with Crippen molar-refractivity contribution in [3.8, 4) is 0 Å². The molecule has 4 nitrogen and oxygen atoms in total. The molecule has 0 aromatic rings. The van der Waals surface area contributed by atoms with Crippen molar-refractivity contribution < 1.29 is 9.90 Å². The lowest BCUT2D eigenvalue weighted by Gasteiger charge is -2.30. The zero-order valence-electron chi connectivity index (χ0n) is 7.91. The number of nitrogens with two attached hydrogens (primary N) is 1. The summed E-state index contributed by atoms with van der Waals surface area (Å²) in [5.74, 6) is -0.166. The molecule has 1 fully saturated rings. The first kappa shape index (κ1) is 10.5. The number of carbonyl (C=O) groups excluding carboxylic acids is 1. The van der Waals surface area contributed by atoms with Gasteiger partial charge >= 0.3 is 0 Å². The number of hydrogen-bond donors (Lipinski definition) is 2. The molecule has 13 heavy (non-hydrogen) atoms. The highest BCUT2D eigenvalue weighted by Crippen LogP contribution is 2.15. The van der Waals surface area contributed by atoms with E-state index in [1.807, 2.05) is 0 Å². The minimum atomic E-state index is -0.186. The lowest BCUT2D eigenvalue weighted by atomic mass is 9.97. The van der Waals surface area contributed by atoms with Gasteiger partial charge in [-0.1, -0.05) is 0 Å². The van der Waals surface area contributed by atoms with Crippen LogP contribution in [-0.2, 0) is 4.79 Å². The Morgan fingerprint density at radius 2 is 2.38 bits per heavy atom. The van der Waals surface area contributed by atoms with Crippen molar-refractivity contribution in [1.29, 1.82) is 0 Å². The number of aliphatic hydroxyl groups is 1. The molecule has 4 heteroatoms. The number of aliphatic hydroxyl groups excluding tert-OH is 1. The lowest BCUT2D eigenvalue weighted by Crippen LogP contribution is -2.41. The highest BCUT2D eigenvalue weighted by molar-refractivity contribution is 5.76. The molecular formula is C9H18N2O2. The first-order chi connectivity index (χ1) is 6.24. The van der Waals surface area contributed by atoms with Crippen LogP contribution >= 0.6 is 0 Å². The van der Waals surface area contributed by atoms with Crippen LogP contribution in [0.5, 0.6) is 0 Å². The van der Waals surface area contributed by atoms with Crippen LogP contribution in [0.15, 0.2) is 0 Å². The normalized spacial score (nSPS) is 24.5. The third-order valence-electron chi connectivity index (χ3n) is 2.54. The van der Waals surface area contributed by atoms with Gasteiger partial charge in [-0.15, -0.1) is 0 Å². The highest BCUT2D eigenvalue weighted by Gasteiger charge is 2.23. The molecule has 0 aliphatic carbocycles. The van der Waals surface area contributed by atoms with Crippen LogP contribution < -0.4 is 5.73 Å². The van der Waals surface area contributed by atoms with Gasteiger partial charge in [0.15, 0.2) is 0 Å². The lowest BCUT2D eigenvalue weighted by molar-refractivity contribution is -0.123. The summed E-state index contributed by atoms with van der Waals surface area (Å²) in [6.45, 7) is 2.90. The van der Waals surface area contributed by atoms with Crippen LogP contribution in [0.2, 0.25) is 0 Å². The third kappa shape index (κ3) is 3.32. The van der Waals surface area contributed by atoms with E-state index < -0.39 is 0 Å². The Morgan fingerprint density at radius 1 is 1.62 bits per heavy atom. The molecule has 76 valence electrons. The molecule has 0 spiro atoms. The summed E-state index contributed by atoms with van der Waals surface area (Å²) in [4.78, 5) is 13.1. The molecule has 1 heterocycles. The summed E-state index contributed by atoms with van der Waals surface area (Å²) in [5.41, 5.74) is 5.24. The molecule has 1 aliphatic rings. The van der Waals surface area contributed by atoms with Crippen molar-refractivity contribution >= 4 is 5.91 Å². The number of nitrogens with zero attached hydrogens (tertiary/aromatic N) is 1. The fourth-order valence-corrected chi connectivity index (χ4v) is 1.79. The molecule has 3 N–H and O–H groups in total. The molecule has 0 unspecified atom stereocenters. The maximum Gasteiger partial charge on any atom is 0.221 e. The van der Waals surface area contributed by atoms with Crippen molar-refractivity contribution in [1.82, 2.24) is 4.90 Å². The van der Waals surface area contributed by atoms with Gasteiger partial charge in [-0.25, -0.2) is 0 Å². The van der Waals surface area contributed by atoms with Gasteiger partial charge in [-0.3, -0.25) is 4.79 Å². The molecule has 1 rings (SSSR count). The number of hydrogen-bond acceptors (Lipinski definition) is 3. The smallest absolute Gasteiger partial charge is 0.221 e. The number of carbonyl (C=O) groups is 1. The van der Waals surface area contributed by atoms with Gasteiger partial charge in [0.25, 0.3) is 0 Å². The second kappa shape index (κ2) is 5.19. The Labute approximate surface area is 78.7 Å². The summed E-state index contributed by atoms with van der Waals surface area (Å²) in [6, 6.07) is 0. The van der Waals surface area contributed by atoms with Crippen LogP contribution in [0, 0.1) is 5.92 Å². The summed E-state index contributed by atoms with van der Waals surface area (Å²) < 4.78 is 0. The standard InChI is InChI=1S/C9H18N2O2/c10-9(13)8-3-1-4-11(7-8)5-2-6-12/h8,12H,1-7H2,(H2,10,13)/t8-/m1/s1. The molecule has 0 bridgehead atoms. The number of piperidine rings is 1. The first-order valence-electron chi connectivity index (χ1n) is 4.86. The van der Waals surface area contributed by atoms with E-state index in [1.165, 1.54) is 0 Å². The number of amides is 1. The Balaban J connectivity index is 2.29. The van der Waals surface area contributed by atoms with Crippen molar-refractivity contribution in [2.24, 2.45) is 11.7 Å². The largest absolute Gasteiger partial charge is 0.396 e. The summed E-state index contributed by atoms with van der Waals surface area (Å²) in [7, 11) is 0. The van der Waals surface area contributed by atoms with Crippen molar-refractivity contribution in [2.45, 2.75) is 19.3 Å². The van der Waals surface area contributed by atoms with Crippen molar-refractivity contribution in [2.75, 3.05) is 26.2 Å². The van der Waals surface area contributed by atoms with Crippen LogP contribution in [0.4, 0.5) is 0 Å². The zero-order chi connectivity index (χ0) is 9.68. The van der Waals surface area contributed by atoms with Gasteiger partial charge in [-0.05, 0) is 25.8 Å². The SMILES string of the molecule is NC(=O)[C@@H]1CCCN(CCCO)C1. The maximum atomic E-state index is 10.9. The predicted molar refractivity (Wildman–Crippen MR) is 50.1 cm³/mol. The van der Waals surface area contributed by atoms with E-state index in [1.54, 1.807) is 0 Å². The Morgan fingerprint density at radius 3 is 3.00 bits per heavy atom. The van der Waals surface area contributed by atoms with Gasteiger partial charge in [0.05, 0.1) is 5.92 Å².